The fourth-order valence-electron chi connectivity index (χ4n) is 1.25. The fraction of sp³-hybridized carbons (Fsp3) is 0.444. The highest BCUT2D eigenvalue weighted by Crippen LogP contribution is 2.16. The number of rotatable bonds is 5. The van der Waals surface area contributed by atoms with Crippen LogP contribution in [0.15, 0.2) is 22.0 Å². The molecule has 2 rings (SSSR count). The van der Waals surface area contributed by atoms with E-state index in [4.69, 9.17) is 10.2 Å². The molecule has 0 aliphatic rings. The topological polar surface area (TPSA) is 82.8 Å². The van der Waals surface area contributed by atoms with Crippen LogP contribution in [-0.2, 0) is 13.1 Å². The van der Waals surface area contributed by atoms with E-state index >= 15 is 0 Å². The van der Waals surface area contributed by atoms with Crippen LogP contribution in [-0.4, -0.2) is 25.5 Å². The van der Waals surface area contributed by atoms with Crippen molar-refractivity contribution in [2.45, 2.75) is 25.2 Å². The number of aromatic nitrogens is 4. The van der Waals surface area contributed by atoms with Gasteiger partial charge in [-0.25, -0.2) is 4.98 Å². The average Bonchev–Trinajstić information content (AvgIpc) is 2.89. The van der Waals surface area contributed by atoms with Crippen LogP contribution in [0.4, 0.5) is 0 Å². The summed E-state index contributed by atoms with van der Waals surface area (Å²) in [6.07, 6.45) is 3.74. The molecule has 86 valence electrons. The molecular formula is C9H13N5OS. The Labute approximate surface area is 97.3 Å². The smallest absolute Gasteiger partial charge is 0.276 e. The Bertz CT molecular complexity index is 452. The number of thioether (sulfide) groups is 1. The van der Waals surface area contributed by atoms with E-state index in [0.717, 1.165) is 18.1 Å². The van der Waals surface area contributed by atoms with E-state index in [1.807, 2.05) is 13.1 Å². The first-order chi connectivity index (χ1) is 7.79. The molecule has 16 heavy (non-hydrogen) atoms. The van der Waals surface area contributed by atoms with E-state index in [-0.39, 0.29) is 6.54 Å². The van der Waals surface area contributed by atoms with Gasteiger partial charge < -0.3 is 14.7 Å². The van der Waals surface area contributed by atoms with Crippen molar-refractivity contribution in [3.63, 3.8) is 0 Å². The van der Waals surface area contributed by atoms with Gasteiger partial charge in [0.25, 0.3) is 5.22 Å². The van der Waals surface area contributed by atoms with Crippen LogP contribution >= 0.6 is 11.8 Å². The van der Waals surface area contributed by atoms with E-state index < -0.39 is 0 Å². The van der Waals surface area contributed by atoms with Crippen molar-refractivity contribution in [3.8, 4) is 0 Å². The SMILES string of the molecule is Cc1nccn1CCSc1nnc(CN)o1. The zero-order valence-corrected chi connectivity index (χ0v) is 9.78. The molecule has 2 heterocycles. The number of hydrogen-bond donors (Lipinski definition) is 1. The largest absolute Gasteiger partial charge is 0.415 e. The Morgan fingerprint density at radius 1 is 1.50 bits per heavy atom. The summed E-state index contributed by atoms with van der Waals surface area (Å²) in [4.78, 5) is 4.15. The molecule has 0 saturated carbocycles. The Kier molecular flexibility index (Phi) is 3.58. The second-order valence-corrected chi connectivity index (χ2v) is 4.23. The lowest BCUT2D eigenvalue weighted by atomic mass is 10.6. The van der Waals surface area contributed by atoms with Gasteiger partial charge in [0.05, 0.1) is 6.54 Å². The quantitative estimate of drug-likeness (QED) is 0.778. The van der Waals surface area contributed by atoms with Crippen LogP contribution in [0, 0.1) is 6.92 Å². The summed E-state index contributed by atoms with van der Waals surface area (Å²) in [5.41, 5.74) is 5.37. The fourth-order valence-corrected chi connectivity index (χ4v) is 1.97. The summed E-state index contributed by atoms with van der Waals surface area (Å²) in [6.45, 7) is 3.13. The highest BCUT2D eigenvalue weighted by atomic mass is 32.2. The molecule has 0 saturated heterocycles. The number of hydrogen-bond acceptors (Lipinski definition) is 6. The molecule has 2 aromatic rings. The van der Waals surface area contributed by atoms with Gasteiger partial charge in [0, 0.05) is 24.7 Å². The van der Waals surface area contributed by atoms with Crippen LogP contribution in [0.2, 0.25) is 0 Å². The molecule has 0 aliphatic carbocycles. The van der Waals surface area contributed by atoms with Crippen LogP contribution in [0.25, 0.3) is 0 Å². The lowest BCUT2D eigenvalue weighted by Crippen LogP contribution is -2.01. The minimum absolute atomic E-state index is 0.286. The maximum absolute atomic E-state index is 5.37. The Hall–Kier alpha value is -1.34. The Morgan fingerprint density at radius 2 is 2.38 bits per heavy atom. The second kappa shape index (κ2) is 5.13. The molecule has 2 N–H and O–H groups in total. The van der Waals surface area contributed by atoms with Crippen molar-refractivity contribution in [1.29, 1.82) is 0 Å². The third-order valence-corrected chi connectivity index (χ3v) is 2.90. The monoisotopic (exact) mass is 239 g/mol. The summed E-state index contributed by atoms with van der Waals surface area (Å²) in [7, 11) is 0. The van der Waals surface area contributed by atoms with Crippen LogP contribution in [0.1, 0.15) is 11.7 Å². The van der Waals surface area contributed by atoms with E-state index in [2.05, 4.69) is 19.7 Å². The van der Waals surface area contributed by atoms with Crippen molar-refractivity contribution in [2.75, 3.05) is 5.75 Å². The number of nitrogens with zero attached hydrogens (tertiary/aromatic N) is 4. The maximum atomic E-state index is 5.37. The van der Waals surface area contributed by atoms with Gasteiger partial charge in [0.2, 0.25) is 5.89 Å². The lowest BCUT2D eigenvalue weighted by molar-refractivity contribution is 0.414. The van der Waals surface area contributed by atoms with Gasteiger partial charge in [-0.2, -0.15) is 0 Å². The summed E-state index contributed by atoms with van der Waals surface area (Å²) in [5, 5.41) is 8.22. The Balaban J connectivity index is 1.82. The normalized spacial score (nSPS) is 10.9. The molecular weight excluding hydrogens is 226 g/mol. The van der Waals surface area contributed by atoms with E-state index in [0.29, 0.717) is 11.1 Å². The minimum Gasteiger partial charge on any atom is -0.415 e. The molecule has 0 aliphatic heterocycles. The predicted molar refractivity (Wildman–Crippen MR) is 59.9 cm³/mol. The first-order valence-electron chi connectivity index (χ1n) is 4.92. The highest BCUT2D eigenvalue weighted by molar-refractivity contribution is 7.99. The molecule has 0 atom stereocenters. The van der Waals surface area contributed by atoms with Crippen LogP contribution in [0.5, 0.6) is 0 Å². The van der Waals surface area contributed by atoms with Crippen molar-refractivity contribution >= 4 is 11.8 Å². The average molecular weight is 239 g/mol. The zero-order valence-electron chi connectivity index (χ0n) is 8.96. The third-order valence-electron chi connectivity index (χ3n) is 2.10. The first kappa shape index (κ1) is 11.2. The number of imidazole rings is 1. The Morgan fingerprint density at radius 3 is 3.00 bits per heavy atom. The molecule has 0 bridgehead atoms. The van der Waals surface area contributed by atoms with Crippen molar-refractivity contribution in [3.05, 3.63) is 24.1 Å². The number of nitrogens with two attached hydrogens (primary N) is 1. The van der Waals surface area contributed by atoms with E-state index in [1.54, 1.807) is 6.20 Å². The molecule has 0 aromatic carbocycles. The molecule has 0 amide bonds. The summed E-state index contributed by atoms with van der Waals surface area (Å²) >= 11 is 1.52. The highest BCUT2D eigenvalue weighted by Gasteiger charge is 2.05. The minimum atomic E-state index is 0.286. The van der Waals surface area contributed by atoms with Crippen LogP contribution in [0.3, 0.4) is 0 Å². The summed E-state index contributed by atoms with van der Waals surface area (Å²) in [5.74, 6) is 2.35. The van der Waals surface area contributed by atoms with Gasteiger partial charge in [0.1, 0.15) is 5.82 Å². The molecule has 6 nitrogen and oxygen atoms in total. The summed E-state index contributed by atoms with van der Waals surface area (Å²) in [6, 6.07) is 0. The van der Waals surface area contributed by atoms with Gasteiger partial charge in [-0.15, -0.1) is 10.2 Å². The molecule has 0 spiro atoms. The van der Waals surface area contributed by atoms with Crippen molar-refractivity contribution in [1.82, 2.24) is 19.7 Å². The molecule has 0 fully saturated rings. The van der Waals surface area contributed by atoms with Gasteiger partial charge in [-0.05, 0) is 6.92 Å². The standard InChI is InChI=1S/C9H13N5OS/c1-7-11-2-3-14(7)4-5-16-9-13-12-8(6-10)15-9/h2-3H,4-6,10H2,1H3. The molecule has 0 unspecified atom stereocenters. The summed E-state index contributed by atoms with van der Waals surface area (Å²) < 4.78 is 7.35. The molecule has 2 aromatic heterocycles. The molecule has 7 heteroatoms. The van der Waals surface area contributed by atoms with Gasteiger partial charge in [-0.3, -0.25) is 0 Å². The van der Waals surface area contributed by atoms with Gasteiger partial charge >= 0.3 is 0 Å². The first-order valence-corrected chi connectivity index (χ1v) is 5.91. The molecule has 0 radical (unpaired) electrons. The van der Waals surface area contributed by atoms with Gasteiger partial charge in [0.15, 0.2) is 0 Å². The lowest BCUT2D eigenvalue weighted by Gasteiger charge is -2.01. The van der Waals surface area contributed by atoms with E-state index in [9.17, 15) is 0 Å². The predicted octanol–water partition coefficient (Wildman–Crippen LogP) is 0.826. The van der Waals surface area contributed by atoms with Crippen molar-refractivity contribution < 1.29 is 4.42 Å². The van der Waals surface area contributed by atoms with E-state index in [1.165, 1.54) is 11.8 Å². The third kappa shape index (κ3) is 2.61. The van der Waals surface area contributed by atoms with Gasteiger partial charge in [-0.1, -0.05) is 11.8 Å². The zero-order chi connectivity index (χ0) is 11.4. The number of aryl methyl sites for hydroxylation is 2. The second-order valence-electron chi connectivity index (χ2n) is 3.18. The van der Waals surface area contributed by atoms with Crippen LogP contribution < -0.4 is 5.73 Å². The maximum Gasteiger partial charge on any atom is 0.276 e. The van der Waals surface area contributed by atoms with Crippen molar-refractivity contribution in [2.24, 2.45) is 5.73 Å².